The van der Waals surface area contributed by atoms with Gasteiger partial charge in [-0.3, -0.25) is 4.79 Å². The smallest absolute Gasteiger partial charge is 0.238 e. The van der Waals surface area contributed by atoms with Crippen LogP contribution in [0.4, 0.5) is 0 Å². The summed E-state index contributed by atoms with van der Waals surface area (Å²) >= 11 is 1.76. The quantitative estimate of drug-likeness (QED) is 0.625. The van der Waals surface area contributed by atoms with Crippen LogP contribution in [0, 0.1) is 0 Å². The first kappa shape index (κ1) is 16.6. The Morgan fingerprint density at radius 2 is 2.31 bits per heavy atom. The summed E-state index contributed by atoms with van der Waals surface area (Å²) in [5.41, 5.74) is 0. The number of methoxy groups -OCH3 is 1. The van der Waals surface area contributed by atoms with Crippen LogP contribution in [0.5, 0.6) is 0 Å². The minimum Gasteiger partial charge on any atom is -0.385 e. The van der Waals surface area contributed by atoms with Gasteiger partial charge in [-0.05, 0) is 27.9 Å². The molecule has 2 N–H and O–H groups in total. The number of amides is 1. The van der Waals surface area contributed by atoms with Crippen LogP contribution in [0.1, 0.15) is 13.3 Å². The molecule has 0 rings (SSSR count). The molecule has 0 spiro atoms. The summed E-state index contributed by atoms with van der Waals surface area (Å²) in [7, 11) is 6.89. The minimum atomic E-state index is -0.108. The van der Waals surface area contributed by atoms with E-state index in [0.717, 1.165) is 19.6 Å². The lowest BCUT2D eigenvalue weighted by molar-refractivity contribution is -0.123. The van der Waals surface area contributed by atoms with Crippen LogP contribution < -0.4 is 10.6 Å². The highest BCUT2D eigenvalue weighted by atomic mass is 32.9. The molecule has 7 heteroatoms. The van der Waals surface area contributed by atoms with Gasteiger partial charge in [0.05, 0.1) is 6.04 Å². The average molecular weight is 284 g/mol. The Balaban J connectivity index is 3.89. The van der Waals surface area contributed by atoms with Gasteiger partial charge in [0, 0.05) is 25.5 Å². The summed E-state index contributed by atoms with van der Waals surface area (Å²) in [5.74, 6) is 0.878. The standard InChI is InChI=1S/C9H22N2O2P2S/c1-7(4-5-13-3)11-9(12)8(10-2)6-16-15-14/h7-8,10,15H,4-6,14H2,1-3H3,(H,11,12)/t7?,8-/m0/s1. The van der Waals surface area contributed by atoms with Gasteiger partial charge in [0.25, 0.3) is 0 Å². The zero-order chi connectivity index (χ0) is 12.4. The van der Waals surface area contributed by atoms with Gasteiger partial charge in [-0.1, -0.05) is 0 Å². The second-order valence-electron chi connectivity index (χ2n) is 3.46. The number of likely N-dealkylation sites (N-methyl/N-ethyl adjacent to an activating group) is 1. The predicted molar refractivity (Wildman–Crippen MR) is 77.4 cm³/mol. The van der Waals surface area contributed by atoms with E-state index < -0.39 is 0 Å². The van der Waals surface area contributed by atoms with Crippen molar-refractivity contribution in [3.63, 3.8) is 0 Å². The molecule has 4 atom stereocenters. The van der Waals surface area contributed by atoms with Gasteiger partial charge in [0.1, 0.15) is 0 Å². The van der Waals surface area contributed by atoms with Crippen molar-refractivity contribution >= 4 is 33.7 Å². The normalized spacial score (nSPS) is 15.2. The zero-order valence-electron chi connectivity index (χ0n) is 10.1. The van der Waals surface area contributed by atoms with Crippen LogP contribution in [-0.4, -0.2) is 44.5 Å². The van der Waals surface area contributed by atoms with E-state index in [2.05, 4.69) is 19.6 Å². The monoisotopic (exact) mass is 284 g/mol. The van der Waals surface area contributed by atoms with Crippen molar-refractivity contribution in [2.75, 3.05) is 26.5 Å². The van der Waals surface area contributed by atoms with E-state index in [0.29, 0.717) is 6.61 Å². The molecule has 0 aliphatic carbocycles. The first-order valence-corrected chi connectivity index (χ1v) is 9.71. The number of carbonyl (C=O) groups excluding carboxylic acids is 1. The molecular formula is C9H22N2O2P2S. The van der Waals surface area contributed by atoms with Crippen LogP contribution in [0.25, 0.3) is 0 Å². The Morgan fingerprint density at radius 3 is 2.81 bits per heavy atom. The third kappa shape index (κ3) is 7.81. The Morgan fingerprint density at radius 1 is 1.62 bits per heavy atom. The minimum absolute atomic E-state index is 0.0712. The maximum atomic E-state index is 11.8. The van der Waals surface area contributed by atoms with Crippen molar-refractivity contribution in [2.24, 2.45) is 0 Å². The van der Waals surface area contributed by atoms with Crippen molar-refractivity contribution in [1.82, 2.24) is 10.6 Å². The van der Waals surface area contributed by atoms with Gasteiger partial charge < -0.3 is 15.4 Å². The predicted octanol–water partition coefficient (Wildman–Crippen LogP) is 1.23. The van der Waals surface area contributed by atoms with Gasteiger partial charge in [-0.2, -0.15) is 0 Å². The van der Waals surface area contributed by atoms with Crippen molar-refractivity contribution in [2.45, 2.75) is 25.4 Å². The van der Waals surface area contributed by atoms with Crippen molar-refractivity contribution < 1.29 is 9.53 Å². The van der Waals surface area contributed by atoms with Crippen LogP contribution in [0.2, 0.25) is 0 Å². The third-order valence-electron chi connectivity index (χ3n) is 2.14. The Kier molecular flexibility index (Phi) is 11.1. The van der Waals surface area contributed by atoms with Crippen LogP contribution in [0.15, 0.2) is 0 Å². The molecule has 0 fully saturated rings. The topological polar surface area (TPSA) is 50.4 Å². The summed E-state index contributed by atoms with van der Waals surface area (Å²) < 4.78 is 4.97. The molecule has 3 unspecified atom stereocenters. The molecule has 16 heavy (non-hydrogen) atoms. The van der Waals surface area contributed by atoms with Gasteiger partial charge in [-0.25, -0.2) is 0 Å². The summed E-state index contributed by atoms with van der Waals surface area (Å²) in [5, 5.41) is 6.01. The lowest BCUT2D eigenvalue weighted by Crippen LogP contribution is -2.47. The maximum Gasteiger partial charge on any atom is 0.238 e. The van der Waals surface area contributed by atoms with Gasteiger partial charge in [0.15, 0.2) is 0 Å². The van der Waals surface area contributed by atoms with E-state index in [1.54, 1.807) is 18.5 Å². The van der Waals surface area contributed by atoms with Crippen molar-refractivity contribution in [3.05, 3.63) is 0 Å². The van der Waals surface area contributed by atoms with Crippen molar-refractivity contribution in [3.8, 4) is 0 Å². The Hall–Kier alpha value is 0.600. The third-order valence-corrected chi connectivity index (χ3v) is 5.31. The number of rotatable bonds is 9. The SMILES string of the molecule is CN[C@@H](CSPP)C(=O)NC(C)CCOC. The molecule has 0 bridgehead atoms. The van der Waals surface area contributed by atoms with Crippen LogP contribution in [0.3, 0.4) is 0 Å². The molecule has 0 heterocycles. The zero-order valence-corrected chi connectivity index (χ0v) is 13.0. The molecule has 0 aliphatic heterocycles. The molecular weight excluding hydrogens is 262 g/mol. The highest BCUT2D eigenvalue weighted by molar-refractivity contribution is 8.64. The second kappa shape index (κ2) is 10.7. The maximum absolute atomic E-state index is 11.8. The van der Waals surface area contributed by atoms with Gasteiger partial charge in [0.2, 0.25) is 5.91 Å². The molecule has 1 amide bonds. The second-order valence-corrected chi connectivity index (χ2v) is 8.01. The number of hydrogen-bond donors (Lipinski definition) is 2. The van der Waals surface area contributed by atoms with Crippen LogP contribution >= 0.6 is 27.8 Å². The number of ether oxygens (including phenoxy) is 1. The lowest BCUT2D eigenvalue weighted by atomic mass is 10.2. The summed E-state index contributed by atoms with van der Waals surface area (Å²) in [6.07, 6.45) is 0.844. The van der Waals surface area contributed by atoms with Gasteiger partial charge in [-0.15, -0.1) is 20.3 Å². The summed E-state index contributed by atoms with van der Waals surface area (Å²) in [4.78, 5) is 11.8. The highest BCUT2D eigenvalue weighted by Crippen LogP contribution is 2.36. The number of nitrogens with one attached hydrogen (secondary N) is 2. The first-order valence-electron chi connectivity index (χ1n) is 5.19. The number of carbonyl (C=O) groups is 1. The molecule has 0 aromatic rings. The van der Waals surface area contributed by atoms with E-state index >= 15 is 0 Å². The fourth-order valence-electron chi connectivity index (χ4n) is 1.13. The molecule has 0 aromatic carbocycles. The van der Waals surface area contributed by atoms with E-state index in [1.165, 1.54) is 0 Å². The van der Waals surface area contributed by atoms with Gasteiger partial charge >= 0.3 is 0 Å². The number of hydrogen-bond acceptors (Lipinski definition) is 4. The molecule has 0 aromatic heterocycles. The average Bonchev–Trinajstić information content (AvgIpc) is 2.27. The molecule has 0 saturated carbocycles. The molecule has 0 saturated heterocycles. The summed E-state index contributed by atoms with van der Waals surface area (Å²) in [6.45, 7) is 2.67. The Labute approximate surface area is 106 Å². The van der Waals surface area contributed by atoms with Crippen LogP contribution in [-0.2, 0) is 9.53 Å². The first-order chi connectivity index (χ1) is 7.65. The lowest BCUT2D eigenvalue weighted by Gasteiger charge is -2.19. The summed E-state index contributed by atoms with van der Waals surface area (Å²) in [6, 6.07) is 0.0507. The highest BCUT2D eigenvalue weighted by Gasteiger charge is 2.17. The molecule has 4 nitrogen and oxygen atoms in total. The fraction of sp³-hybridized carbons (Fsp3) is 0.889. The molecule has 0 aliphatic rings. The fourth-order valence-corrected chi connectivity index (χ4v) is 3.37. The van der Waals surface area contributed by atoms with E-state index in [4.69, 9.17) is 4.74 Å². The van der Waals surface area contributed by atoms with E-state index in [1.807, 2.05) is 14.0 Å². The Bertz CT molecular complexity index is 198. The van der Waals surface area contributed by atoms with E-state index in [-0.39, 0.29) is 18.0 Å². The molecule has 96 valence electrons. The van der Waals surface area contributed by atoms with E-state index in [9.17, 15) is 4.79 Å². The molecule has 0 radical (unpaired) electrons. The largest absolute Gasteiger partial charge is 0.385 e. The van der Waals surface area contributed by atoms with Crippen molar-refractivity contribution in [1.29, 1.82) is 0 Å².